The second kappa shape index (κ2) is 6.34. The van der Waals surface area contributed by atoms with E-state index in [4.69, 9.17) is 23.2 Å². The average molecular weight is 339 g/mol. The number of nitro benzene ring substituents is 1. The molecule has 0 aliphatic rings. The van der Waals surface area contributed by atoms with Crippen molar-refractivity contribution in [3.05, 3.63) is 67.2 Å². The second-order valence-corrected chi connectivity index (χ2v) is 5.65. The molecule has 5 nitrogen and oxygen atoms in total. The van der Waals surface area contributed by atoms with E-state index in [2.05, 4.69) is 5.32 Å². The van der Waals surface area contributed by atoms with Gasteiger partial charge in [0.15, 0.2) is 0 Å². The highest BCUT2D eigenvalue weighted by molar-refractivity contribution is 6.34. The fraction of sp³-hybridized carbons (Fsp3) is 0.133. The number of nitrogens with zero attached hydrogens (tertiary/aromatic N) is 1. The number of carbonyl (C=O) groups excluding carboxylic acids is 1. The van der Waals surface area contributed by atoms with E-state index in [0.29, 0.717) is 10.7 Å². The number of amides is 1. The molecule has 7 heteroatoms. The lowest BCUT2D eigenvalue weighted by Crippen LogP contribution is -2.15. The third-order valence-electron chi connectivity index (χ3n) is 3.07. The maximum absolute atomic E-state index is 12.3. The first-order valence-electron chi connectivity index (χ1n) is 6.31. The molecule has 2 aromatic rings. The van der Waals surface area contributed by atoms with Gasteiger partial charge in [-0.1, -0.05) is 29.3 Å². The minimum atomic E-state index is -0.648. The summed E-state index contributed by atoms with van der Waals surface area (Å²) in [5.41, 5.74) is 1.73. The van der Waals surface area contributed by atoms with Crippen molar-refractivity contribution in [3.8, 4) is 0 Å². The summed E-state index contributed by atoms with van der Waals surface area (Å²) in [7, 11) is 0. The molecule has 1 amide bonds. The normalized spacial score (nSPS) is 10.4. The highest BCUT2D eigenvalue weighted by Gasteiger charge is 2.21. The third kappa shape index (κ3) is 3.37. The van der Waals surface area contributed by atoms with E-state index in [1.165, 1.54) is 12.1 Å². The van der Waals surface area contributed by atoms with E-state index in [-0.39, 0.29) is 16.3 Å². The van der Waals surface area contributed by atoms with Crippen molar-refractivity contribution in [2.45, 2.75) is 13.8 Å². The van der Waals surface area contributed by atoms with Gasteiger partial charge in [-0.2, -0.15) is 0 Å². The van der Waals surface area contributed by atoms with Gasteiger partial charge in [0, 0.05) is 11.1 Å². The first-order chi connectivity index (χ1) is 10.3. The number of nitrogens with one attached hydrogen (secondary N) is 1. The predicted molar refractivity (Wildman–Crippen MR) is 87.0 cm³/mol. The number of aryl methyl sites for hydroxylation is 2. The second-order valence-electron chi connectivity index (χ2n) is 4.81. The summed E-state index contributed by atoms with van der Waals surface area (Å²) >= 11 is 11.9. The average Bonchev–Trinajstić information content (AvgIpc) is 2.42. The number of hydrogen-bond donors (Lipinski definition) is 1. The summed E-state index contributed by atoms with van der Waals surface area (Å²) in [6, 6.07) is 7.44. The highest BCUT2D eigenvalue weighted by Crippen LogP contribution is 2.29. The zero-order valence-electron chi connectivity index (χ0n) is 11.8. The van der Waals surface area contributed by atoms with Crippen LogP contribution in [0.15, 0.2) is 30.3 Å². The van der Waals surface area contributed by atoms with Crippen LogP contribution in [0.5, 0.6) is 0 Å². The molecule has 0 aromatic heterocycles. The van der Waals surface area contributed by atoms with Gasteiger partial charge in [0.25, 0.3) is 11.6 Å². The van der Waals surface area contributed by atoms with Crippen LogP contribution in [0.3, 0.4) is 0 Å². The van der Waals surface area contributed by atoms with Gasteiger partial charge in [0.2, 0.25) is 0 Å². The molecule has 0 heterocycles. The minimum absolute atomic E-state index is 0.0783. The molecule has 0 aliphatic carbocycles. The maximum atomic E-state index is 12.3. The van der Waals surface area contributed by atoms with Crippen LogP contribution in [0.2, 0.25) is 10.0 Å². The lowest BCUT2D eigenvalue weighted by Gasteiger charge is -2.11. The maximum Gasteiger partial charge on any atom is 0.283 e. The fourth-order valence-electron chi connectivity index (χ4n) is 2.10. The molecule has 2 rings (SSSR count). The monoisotopic (exact) mass is 338 g/mol. The lowest BCUT2D eigenvalue weighted by atomic mass is 10.1. The molecule has 0 atom stereocenters. The Hall–Kier alpha value is -2.11. The summed E-state index contributed by atoms with van der Waals surface area (Å²) in [6.45, 7) is 3.68. The molecule has 0 fully saturated rings. The standard InChI is InChI=1S/C15H12Cl2N2O3/c1-8-5-9(2)14(12(17)6-8)18-15(20)11-4-3-10(16)7-13(11)19(21)22/h3-7H,1-2H3,(H,18,20). The molecule has 0 aliphatic heterocycles. The lowest BCUT2D eigenvalue weighted by molar-refractivity contribution is -0.385. The quantitative estimate of drug-likeness (QED) is 0.647. The number of rotatable bonds is 3. The summed E-state index contributed by atoms with van der Waals surface area (Å²) in [5.74, 6) is -0.614. The first kappa shape index (κ1) is 16.3. The zero-order valence-corrected chi connectivity index (χ0v) is 13.3. The molecule has 0 spiro atoms. The molecule has 1 N–H and O–H groups in total. The Labute approximate surface area is 137 Å². The van der Waals surface area contributed by atoms with E-state index >= 15 is 0 Å². The zero-order chi connectivity index (χ0) is 16.4. The van der Waals surface area contributed by atoms with E-state index < -0.39 is 10.8 Å². The van der Waals surface area contributed by atoms with Gasteiger partial charge in [-0.05, 0) is 43.2 Å². The Morgan fingerprint density at radius 1 is 1.18 bits per heavy atom. The molecular formula is C15H12Cl2N2O3. The molecule has 0 radical (unpaired) electrons. The van der Waals surface area contributed by atoms with Crippen LogP contribution in [-0.4, -0.2) is 10.8 Å². The molecule has 0 saturated heterocycles. The van der Waals surface area contributed by atoms with Crippen LogP contribution in [-0.2, 0) is 0 Å². The van der Waals surface area contributed by atoms with Crippen molar-refractivity contribution in [1.82, 2.24) is 0 Å². The van der Waals surface area contributed by atoms with E-state index in [9.17, 15) is 14.9 Å². The van der Waals surface area contributed by atoms with Crippen molar-refractivity contribution in [1.29, 1.82) is 0 Å². The molecular weight excluding hydrogens is 327 g/mol. The summed E-state index contributed by atoms with van der Waals surface area (Å²) in [5, 5.41) is 14.2. The van der Waals surface area contributed by atoms with Gasteiger partial charge in [-0.15, -0.1) is 0 Å². The van der Waals surface area contributed by atoms with Crippen molar-refractivity contribution >= 4 is 40.5 Å². The van der Waals surface area contributed by atoms with Gasteiger partial charge < -0.3 is 5.32 Å². The third-order valence-corrected chi connectivity index (χ3v) is 3.60. The Balaban J connectivity index is 2.41. The van der Waals surface area contributed by atoms with Gasteiger partial charge in [-0.25, -0.2) is 0 Å². The van der Waals surface area contributed by atoms with Crippen molar-refractivity contribution in [2.75, 3.05) is 5.32 Å². The van der Waals surface area contributed by atoms with Crippen LogP contribution >= 0.6 is 23.2 Å². The van der Waals surface area contributed by atoms with Gasteiger partial charge in [-0.3, -0.25) is 14.9 Å². The molecule has 2 aromatic carbocycles. The molecule has 0 unspecified atom stereocenters. The molecule has 0 saturated carbocycles. The van der Waals surface area contributed by atoms with Crippen LogP contribution in [0.25, 0.3) is 0 Å². The Bertz CT molecular complexity index is 752. The predicted octanol–water partition coefficient (Wildman–Crippen LogP) is 4.77. The SMILES string of the molecule is Cc1cc(C)c(NC(=O)c2ccc(Cl)cc2[N+](=O)[O-])c(Cl)c1. The van der Waals surface area contributed by atoms with Gasteiger partial charge >= 0.3 is 0 Å². The summed E-state index contributed by atoms with van der Waals surface area (Å²) < 4.78 is 0. The summed E-state index contributed by atoms with van der Waals surface area (Å²) in [4.78, 5) is 22.7. The summed E-state index contributed by atoms with van der Waals surface area (Å²) in [6.07, 6.45) is 0. The van der Waals surface area contributed by atoms with Crippen molar-refractivity contribution in [3.63, 3.8) is 0 Å². The number of carbonyl (C=O) groups is 1. The number of hydrogen-bond acceptors (Lipinski definition) is 3. The van der Waals surface area contributed by atoms with Gasteiger partial charge in [0.1, 0.15) is 5.56 Å². The van der Waals surface area contributed by atoms with Crippen LogP contribution in [0.1, 0.15) is 21.5 Å². The largest absolute Gasteiger partial charge is 0.320 e. The first-order valence-corrected chi connectivity index (χ1v) is 7.07. The molecule has 114 valence electrons. The molecule has 0 bridgehead atoms. The van der Waals surface area contributed by atoms with Crippen LogP contribution < -0.4 is 5.32 Å². The Morgan fingerprint density at radius 3 is 2.45 bits per heavy atom. The Morgan fingerprint density at radius 2 is 1.86 bits per heavy atom. The Kier molecular flexibility index (Phi) is 4.68. The van der Waals surface area contributed by atoms with Crippen LogP contribution in [0, 0.1) is 24.0 Å². The van der Waals surface area contributed by atoms with E-state index in [1.54, 1.807) is 13.0 Å². The van der Waals surface area contributed by atoms with E-state index in [0.717, 1.165) is 17.2 Å². The number of halogens is 2. The van der Waals surface area contributed by atoms with Gasteiger partial charge in [0.05, 0.1) is 15.6 Å². The minimum Gasteiger partial charge on any atom is -0.320 e. The molecule has 22 heavy (non-hydrogen) atoms. The fourth-order valence-corrected chi connectivity index (χ4v) is 2.64. The topological polar surface area (TPSA) is 72.2 Å². The number of nitro groups is 1. The van der Waals surface area contributed by atoms with Crippen molar-refractivity contribution < 1.29 is 9.72 Å². The highest BCUT2D eigenvalue weighted by atomic mass is 35.5. The smallest absolute Gasteiger partial charge is 0.283 e. The van der Waals surface area contributed by atoms with Crippen LogP contribution in [0.4, 0.5) is 11.4 Å². The number of benzene rings is 2. The van der Waals surface area contributed by atoms with Crippen molar-refractivity contribution in [2.24, 2.45) is 0 Å². The number of anilines is 1. The van der Waals surface area contributed by atoms with E-state index in [1.807, 2.05) is 13.0 Å².